The molecule has 2 nitrogen and oxygen atoms in total. The standard InChI is InChI=1S/C18H18N2/c19-12-5-6-13-20-14-11-15-7-1-2-8-16(15)17-9-3-4-10-18(17)20/h1,3-4,7,9-11,14H,2,5-6,8,13H2. The number of rotatable bonds is 3. The molecule has 2 aliphatic rings. The molecule has 0 atom stereocenters. The van der Waals surface area contributed by atoms with E-state index in [4.69, 9.17) is 5.26 Å². The second kappa shape index (κ2) is 5.79. The third-order valence-electron chi connectivity index (χ3n) is 3.87. The fourth-order valence-corrected chi connectivity index (χ4v) is 2.88. The lowest BCUT2D eigenvalue weighted by Gasteiger charge is -2.23. The van der Waals surface area contributed by atoms with Crippen LogP contribution in [0.25, 0.3) is 5.57 Å². The van der Waals surface area contributed by atoms with Crippen molar-refractivity contribution in [1.29, 1.82) is 5.26 Å². The van der Waals surface area contributed by atoms with Crippen LogP contribution in [-0.4, -0.2) is 6.54 Å². The molecule has 0 bridgehead atoms. The molecule has 1 aromatic carbocycles. The molecule has 2 heteroatoms. The smallest absolute Gasteiger partial charge is 0.0622 e. The number of nitriles is 1. The molecule has 0 unspecified atom stereocenters. The van der Waals surface area contributed by atoms with E-state index in [0.29, 0.717) is 6.42 Å². The van der Waals surface area contributed by atoms with Gasteiger partial charge in [-0.15, -0.1) is 0 Å². The molecule has 0 spiro atoms. The monoisotopic (exact) mass is 262 g/mol. The summed E-state index contributed by atoms with van der Waals surface area (Å²) in [5.41, 5.74) is 5.38. The van der Waals surface area contributed by atoms with Crippen molar-refractivity contribution >= 4 is 11.3 Å². The van der Waals surface area contributed by atoms with Gasteiger partial charge in [-0.1, -0.05) is 30.4 Å². The van der Waals surface area contributed by atoms with Crippen LogP contribution in [0.5, 0.6) is 0 Å². The predicted molar refractivity (Wildman–Crippen MR) is 83.1 cm³/mol. The fraction of sp³-hybridized carbons (Fsp3) is 0.278. The van der Waals surface area contributed by atoms with Crippen molar-refractivity contribution < 1.29 is 0 Å². The van der Waals surface area contributed by atoms with Gasteiger partial charge in [0.1, 0.15) is 0 Å². The second-order valence-corrected chi connectivity index (χ2v) is 5.16. The summed E-state index contributed by atoms with van der Waals surface area (Å²) in [6.07, 6.45) is 12.6. The van der Waals surface area contributed by atoms with Crippen LogP contribution in [-0.2, 0) is 0 Å². The summed E-state index contributed by atoms with van der Waals surface area (Å²) in [4.78, 5) is 2.28. The predicted octanol–water partition coefficient (Wildman–Crippen LogP) is 4.43. The molecule has 0 N–H and O–H groups in total. The Balaban J connectivity index is 1.98. The van der Waals surface area contributed by atoms with Gasteiger partial charge in [-0.3, -0.25) is 0 Å². The van der Waals surface area contributed by atoms with Crippen LogP contribution in [0.1, 0.15) is 31.2 Å². The quantitative estimate of drug-likeness (QED) is 0.753. The molecule has 0 radical (unpaired) electrons. The van der Waals surface area contributed by atoms with Crippen molar-refractivity contribution in [3.05, 3.63) is 59.8 Å². The highest BCUT2D eigenvalue weighted by atomic mass is 15.1. The van der Waals surface area contributed by atoms with Crippen LogP contribution in [0.3, 0.4) is 0 Å². The molecule has 0 saturated carbocycles. The summed E-state index contributed by atoms with van der Waals surface area (Å²) >= 11 is 0. The molecule has 20 heavy (non-hydrogen) atoms. The van der Waals surface area contributed by atoms with Gasteiger partial charge in [-0.2, -0.15) is 5.26 Å². The zero-order chi connectivity index (χ0) is 13.8. The number of nitrogens with zero attached hydrogens (tertiary/aromatic N) is 2. The lowest BCUT2D eigenvalue weighted by molar-refractivity contribution is 0.827. The summed E-state index contributed by atoms with van der Waals surface area (Å²) in [5.74, 6) is 0. The first-order valence-electron chi connectivity index (χ1n) is 7.21. The highest BCUT2D eigenvalue weighted by Crippen LogP contribution is 2.37. The van der Waals surface area contributed by atoms with Gasteiger partial charge in [0, 0.05) is 30.4 Å². The van der Waals surface area contributed by atoms with E-state index in [1.54, 1.807) is 0 Å². The third-order valence-corrected chi connectivity index (χ3v) is 3.87. The highest BCUT2D eigenvalue weighted by molar-refractivity contribution is 5.84. The van der Waals surface area contributed by atoms with Gasteiger partial charge in [-0.25, -0.2) is 0 Å². The number of fused-ring (bicyclic) bond motifs is 2. The Morgan fingerprint density at radius 3 is 3.00 bits per heavy atom. The van der Waals surface area contributed by atoms with Crippen molar-refractivity contribution in [2.45, 2.75) is 25.7 Å². The first kappa shape index (κ1) is 12.7. The van der Waals surface area contributed by atoms with Crippen LogP contribution in [0, 0.1) is 11.3 Å². The fourth-order valence-electron chi connectivity index (χ4n) is 2.88. The van der Waals surface area contributed by atoms with Crippen LogP contribution >= 0.6 is 0 Å². The summed E-state index contributed by atoms with van der Waals surface area (Å²) in [7, 11) is 0. The van der Waals surface area contributed by atoms with E-state index >= 15 is 0 Å². The minimum Gasteiger partial charge on any atom is -0.347 e. The molecular formula is C18H18N2. The Kier molecular flexibility index (Phi) is 3.69. The van der Waals surface area contributed by atoms with E-state index in [9.17, 15) is 0 Å². The number of unbranched alkanes of at least 4 members (excludes halogenated alkanes) is 1. The van der Waals surface area contributed by atoms with Crippen molar-refractivity contribution in [2.75, 3.05) is 11.4 Å². The third kappa shape index (κ3) is 2.40. The Labute approximate surface area is 120 Å². The van der Waals surface area contributed by atoms with Gasteiger partial charge < -0.3 is 4.90 Å². The van der Waals surface area contributed by atoms with Crippen LogP contribution in [0.2, 0.25) is 0 Å². The Bertz CT molecular complexity index is 629. The summed E-state index contributed by atoms with van der Waals surface area (Å²) in [5, 5.41) is 8.71. The maximum absolute atomic E-state index is 8.71. The molecule has 0 aromatic heterocycles. The number of allylic oxidation sites excluding steroid dienone is 5. The zero-order valence-corrected chi connectivity index (χ0v) is 11.5. The molecule has 0 amide bonds. The molecule has 1 aliphatic carbocycles. The van der Waals surface area contributed by atoms with Gasteiger partial charge in [-0.05, 0) is 42.6 Å². The highest BCUT2D eigenvalue weighted by Gasteiger charge is 2.18. The number of anilines is 1. The second-order valence-electron chi connectivity index (χ2n) is 5.16. The molecule has 0 fully saturated rings. The average Bonchev–Trinajstić information content (AvgIpc) is 2.66. The zero-order valence-electron chi connectivity index (χ0n) is 11.5. The Morgan fingerprint density at radius 2 is 2.10 bits per heavy atom. The van der Waals surface area contributed by atoms with Crippen molar-refractivity contribution in [2.24, 2.45) is 0 Å². The summed E-state index contributed by atoms with van der Waals surface area (Å²) in [6.45, 7) is 0.894. The van der Waals surface area contributed by atoms with Crippen LogP contribution in [0.4, 0.5) is 5.69 Å². The number of benzene rings is 1. The number of hydrogen-bond acceptors (Lipinski definition) is 2. The molecule has 1 aromatic rings. The van der Waals surface area contributed by atoms with Crippen molar-refractivity contribution in [3.8, 4) is 6.07 Å². The molecule has 1 aliphatic heterocycles. The van der Waals surface area contributed by atoms with Gasteiger partial charge in [0.25, 0.3) is 0 Å². The van der Waals surface area contributed by atoms with Gasteiger partial charge in [0.2, 0.25) is 0 Å². The minimum absolute atomic E-state index is 0.611. The lowest BCUT2D eigenvalue weighted by Crippen LogP contribution is -2.18. The Morgan fingerprint density at radius 1 is 1.20 bits per heavy atom. The molecule has 0 saturated heterocycles. The largest absolute Gasteiger partial charge is 0.347 e. The molecule has 1 heterocycles. The van der Waals surface area contributed by atoms with Gasteiger partial charge in [0.05, 0.1) is 6.07 Å². The SMILES string of the molecule is N#CCCCN1C=CC2=C(CCC=C2)c2ccccc21. The van der Waals surface area contributed by atoms with Crippen molar-refractivity contribution in [3.63, 3.8) is 0 Å². The lowest BCUT2D eigenvalue weighted by atomic mass is 9.91. The van der Waals surface area contributed by atoms with Crippen LogP contribution < -0.4 is 4.90 Å². The van der Waals surface area contributed by atoms with Crippen molar-refractivity contribution in [1.82, 2.24) is 0 Å². The van der Waals surface area contributed by atoms with E-state index in [1.807, 2.05) is 0 Å². The maximum atomic E-state index is 8.71. The van der Waals surface area contributed by atoms with Gasteiger partial charge in [0.15, 0.2) is 0 Å². The molecular weight excluding hydrogens is 244 g/mol. The Hall–Kier alpha value is -2.27. The number of para-hydroxylation sites is 1. The minimum atomic E-state index is 0.611. The number of hydrogen-bond donors (Lipinski definition) is 0. The van der Waals surface area contributed by atoms with E-state index in [2.05, 4.69) is 59.7 Å². The topological polar surface area (TPSA) is 27.0 Å². The average molecular weight is 262 g/mol. The summed E-state index contributed by atoms with van der Waals surface area (Å²) in [6, 6.07) is 10.8. The maximum Gasteiger partial charge on any atom is 0.0622 e. The summed E-state index contributed by atoms with van der Waals surface area (Å²) < 4.78 is 0. The molecule has 3 rings (SSSR count). The van der Waals surface area contributed by atoms with Crippen LogP contribution in [0.15, 0.2) is 54.3 Å². The van der Waals surface area contributed by atoms with E-state index < -0.39 is 0 Å². The van der Waals surface area contributed by atoms with E-state index in [-0.39, 0.29) is 0 Å². The van der Waals surface area contributed by atoms with E-state index in [1.165, 1.54) is 22.4 Å². The molecule has 100 valence electrons. The first-order valence-corrected chi connectivity index (χ1v) is 7.21. The normalized spacial score (nSPS) is 16.4. The van der Waals surface area contributed by atoms with Gasteiger partial charge >= 0.3 is 0 Å². The first-order chi connectivity index (χ1) is 9.90. The van der Waals surface area contributed by atoms with E-state index in [0.717, 1.165) is 25.8 Å².